The maximum absolute atomic E-state index is 6.33. The second kappa shape index (κ2) is 5.22. The molecule has 0 aliphatic carbocycles. The van der Waals surface area contributed by atoms with E-state index in [1.165, 1.54) is 16.0 Å². The number of hydrogen-bond donors (Lipinski definition) is 1. The van der Waals surface area contributed by atoms with Crippen molar-refractivity contribution in [2.75, 3.05) is 0 Å². The minimum atomic E-state index is -0.0613. The Hall–Kier alpha value is -0.160. The number of thiophene rings is 1. The van der Waals surface area contributed by atoms with Crippen molar-refractivity contribution in [3.8, 4) is 0 Å². The van der Waals surface area contributed by atoms with Crippen molar-refractivity contribution in [2.45, 2.75) is 19.9 Å². The van der Waals surface area contributed by atoms with Gasteiger partial charge >= 0.3 is 0 Å². The Kier molecular flexibility index (Phi) is 4.08. The molecule has 1 aromatic carbocycles. The molecule has 17 heavy (non-hydrogen) atoms. The number of halogens is 2. The SMILES string of the molecule is Cc1cc(Br)cc(C(N)c2cc(Br)sc2C)c1. The molecule has 1 atom stereocenters. The summed E-state index contributed by atoms with van der Waals surface area (Å²) < 4.78 is 2.21. The van der Waals surface area contributed by atoms with Crippen LogP contribution in [0.2, 0.25) is 0 Å². The summed E-state index contributed by atoms with van der Waals surface area (Å²) in [6.45, 7) is 4.19. The van der Waals surface area contributed by atoms with Gasteiger partial charge in [0, 0.05) is 9.35 Å². The first-order valence-corrected chi connectivity index (χ1v) is 7.66. The van der Waals surface area contributed by atoms with E-state index in [9.17, 15) is 0 Å². The van der Waals surface area contributed by atoms with E-state index in [4.69, 9.17) is 5.73 Å². The highest BCUT2D eigenvalue weighted by molar-refractivity contribution is 9.11. The summed E-state index contributed by atoms with van der Waals surface area (Å²) in [7, 11) is 0. The van der Waals surface area contributed by atoms with Gasteiger partial charge in [-0.05, 0) is 64.7 Å². The number of rotatable bonds is 2. The van der Waals surface area contributed by atoms with Gasteiger partial charge in [0.25, 0.3) is 0 Å². The molecule has 0 aliphatic heterocycles. The first-order chi connectivity index (χ1) is 7.97. The van der Waals surface area contributed by atoms with Crippen molar-refractivity contribution in [1.82, 2.24) is 0 Å². The topological polar surface area (TPSA) is 26.0 Å². The van der Waals surface area contributed by atoms with Crippen LogP contribution >= 0.6 is 43.2 Å². The number of nitrogens with two attached hydrogens (primary N) is 1. The van der Waals surface area contributed by atoms with Gasteiger partial charge in [-0.2, -0.15) is 0 Å². The Morgan fingerprint density at radius 3 is 2.35 bits per heavy atom. The molecule has 2 aromatic rings. The molecule has 0 fully saturated rings. The minimum absolute atomic E-state index is 0.0613. The largest absolute Gasteiger partial charge is 0.320 e. The smallest absolute Gasteiger partial charge is 0.0704 e. The third-order valence-electron chi connectivity index (χ3n) is 2.68. The molecule has 1 unspecified atom stereocenters. The van der Waals surface area contributed by atoms with Gasteiger partial charge in [0.1, 0.15) is 0 Å². The van der Waals surface area contributed by atoms with Crippen LogP contribution in [-0.4, -0.2) is 0 Å². The fourth-order valence-corrected chi connectivity index (χ4v) is 4.27. The normalized spacial score (nSPS) is 12.8. The van der Waals surface area contributed by atoms with Crippen LogP contribution in [0, 0.1) is 13.8 Å². The first kappa shape index (κ1) is 13.3. The van der Waals surface area contributed by atoms with Crippen LogP contribution in [0.1, 0.15) is 27.6 Å². The van der Waals surface area contributed by atoms with Crippen molar-refractivity contribution >= 4 is 43.2 Å². The lowest BCUT2D eigenvalue weighted by atomic mass is 9.99. The highest BCUT2D eigenvalue weighted by atomic mass is 79.9. The Morgan fingerprint density at radius 1 is 1.12 bits per heavy atom. The van der Waals surface area contributed by atoms with E-state index in [1.54, 1.807) is 11.3 Å². The molecule has 1 heterocycles. The third-order valence-corrected chi connectivity index (χ3v) is 4.71. The standard InChI is InChI=1S/C13H13Br2NS/c1-7-3-9(5-10(14)4-7)13(16)11-6-12(15)17-8(11)2/h3-6,13H,16H2,1-2H3. The molecular formula is C13H13Br2NS. The van der Waals surface area contributed by atoms with E-state index in [0.29, 0.717) is 0 Å². The molecule has 2 rings (SSSR count). The van der Waals surface area contributed by atoms with Gasteiger partial charge in [0.05, 0.1) is 9.83 Å². The molecular weight excluding hydrogens is 362 g/mol. The van der Waals surface area contributed by atoms with Crippen LogP contribution in [0.3, 0.4) is 0 Å². The summed E-state index contributed by atoms with van der Waals surface area (Å²) in [6, 6.07) is 8.37. The van der Waals surface area contributed by atoms with Crippen molar-refractivity contribution in [2.24, 2.45) is 5.73 Å². The van der Waals surface area contributed by atoms with Crippen molar-refractivity contribution in [1.29, 1.82) is 0 Å². The monoisotopic (exact) mass is 373 g/mol. The Bertz CT molecular complexity index is 528. The van der Waals surface area contributed by atoms with Gasteiger partial charge in [-0.1, -0.05) is 22.0 Å². The lowest BCUT2D eigenvalue weighted by Crippen LogP contribution is -2.12. The highest BCUT2D eigenvalue weighted by Gasteiger charge is 2.14. The van der Waals surface area contributed by atoms with Gasteiger partial charge < -0.3 is 5.73 Å². The fraction of sp³-hybridized carbons (Fsp3) is 0.231. The number of hydrogen-bond acceptors (Lipinski definition) is 2. The Balaban J connectivity index is 2.43. The quantitative estimate of drug-likeness (QED) is 0.791. The van der Waals surface area contributed by atoms with Gasteiger partial charge in [0.15, 0.2) is 0 Å². The molecule has 0 radical (unpaired) electrons. The van der Waals surface area contributed by atoms with E-state index in [1.807, 2.05) is 0 Å². The van der Waals surface area contributed by atoms with E-state index < -0.39 is 0 Å². The molecule has 4 heteroatoms. The summed E-state index contributed by atoms with van der Waals surface area (Å²) in [5.41, 5.74) is 9.89. The zero-order valence-electron chi connectivity index (χ0n) is 9.63. The lowest BCUT2D eigenvalue weighted by molar-refractivity contribution is 0.866. The summed E-state index contributed by atoms with van der Waals surface area (Å²) >= 11 is 8.75. The molecule has 90 valence electrons. The Labute approximate surface area is 122 Å². The van der Waals surface area contributed by atoms with Crippen molar-refractivity contribution < 1.29 is 0 Å². The Morgan fingerprint density at radius 2 is 1.82 bits per heavy atom. The molecule has 1 aromatic heterocycles. The predicted molar refractivity (Wildman–Crippen MR) is 81.7 cm³/mol. The van der Waals surface area contributed by atoms with Crippen LogP contribution in [0.25, 0.3) is 0 Å². The molecule has 0 bridgehead atoms. The maximum atomic E-state index is 6.33. The van der Waals surface area contributed by atoms with E-state index >= 15 is 0 Å². The second-order valence-corrected chi connectivity index (χ2v) is 7.65. The minimum Gasteiger partial charge on any atom is -0.320 e. The van der Waals surface area contributed by atoms with E-state index in [0.717, 1.165) is 13.8 Å². The predicted octanol–water partition coefficient (Wildman–Crippen LogP) is 4.94. The molecule has 0 saturated carbocycles. The third kappa shape index (κ3) is 2.99. The average Bonchev–Trinajstić information content (AvgIpc) is 2.55. The van der Waals surface area contributed by atoms with Gasteiger partial charge in [0.2, 0.25) is 0 Å². The number of aryl methyl sites for hydroxylation is 2. The van der Waals surface area contributed by atoms with Crippen LogP contribution in [-0.2, 0) is 0 Å². The van der Waals surface area contributed by atoms with Gasteiger partial charge in [-0.3, -0.25) is 0 Å². The lowest BCUT2D eigenvalue weighted by Gasteiger charge is -2.13. The molecule has 2 N–H and O–H groups in total. The summed E-state index contributed by atoms with van der Waals surface area (Å²) in [6.07, 6.45) is 0. The molecule has 0 saturated heterocycles. The molecule has 0 aliphatic rings. The van der Waals surface area contributed by atoms with E-state index in [-0.39, 0.29) is 6.04 Å². The summed E-state index contributed by atoms with van der Waals surface area (Å²) in [5.74, 6) is 0. The van der Waals surface area contributed by atoms with Crippen LogP contribution in [0.4, 0.5) is 0 Å². The zero-order chi connectivity index (χ0) is 12.6. The molecule has 0 amide bonds. The second-order valence-electron chi connectivity index (χ2n) is 4.10. The van der Waals surface area contributed by atoms with Gasteiger partial charge in [-0.15, -0.1) is 11.3 Å². The van der Waals surface area contributed by atoms with E-state index in [2.05, 4.69) is 70.0 Å². The maximum Gasteiger partial charge on any atom is 0.0704 e. The van der Waals surface area contributed by atoms with Crippen molar-refractivity contribution in [3.05, 3.63) is 54.1 Å². The van der Waals surface area contributed by atoms with Crippen molar-refractivity contribution in [3.63, 3.8) is 0 Å². The fourth-order valence-electron chi connectivity index (χ4n) is 1.89. The zero-order valence-corrected chi connectivity index (χ0v) is 13.6. The average molecular weight is 375 g/mol. The van der Waals surface area contributed by atoms with Crippen LogP contribution in [0.15, 0.2) is 32.5 Å². The highest BCUT2D eigenvalue weighted by Crippen LogP contribution is 2.33. The first-order valence-electron chi connectivity index (χ1n) is 5.26. The van der Waals surface area contributed by atoms with Gasteiger partial charge in [-0.25, -0.2) is 0 Å². The number of benzene rings is 1. The molecule has 1 nitrogen and oxygen atoms in total. The van der Waals surface area contributed by atoms with Crippen LogP contribution in [0.5, 0.6) is 0 Å². The summed E-state index contributed by atoms with van der Waals surface area (Å²) in [5, 5.41) is 0. The summed E-state index contributed by atoms with van der Waals surface area (Å²) in [4.78, 5) is 1.27. The van der Waals surface area contributed by atoms with Crippen LogP contribution < -0.4 is 5.73 Å². The molecule has 0 spiro atoms.